The van der Waals surface area contributed by atoms with Gasteiger partial charge in [0.25, 0.3) is 0 Å². The summed E-state index contributed by atoms with van der Waals surface area (Å²) in [6.07, 6.45) is 1.45. The Morgan fingerprint density at radius 1 is 1.26 bits per heavy atom. The van der Waals surface area contributed by atoms with Crippen LogP contribution in [0.15, 0.2) is 22.7 Å². The molecular formula is C20H26BrNO5. The molecule has 0 unspecified atom stereocenters. The number of hydrogen-bond acceptors (Lipinski definition) is 5. The van der Waals surface area contributed by atoms with Crippen molar-refractivity contribution in [2.24, 2.45) is 0 Å². The average molecular weight is 440 g/mol. The lowest BCUT2D eigenvalue weighted by molar-refractivity contribution is -0.147. The van der Waals surface area contributed by atoms with Gasteiger partial charge < -0.3 is 9.47 Å². The number of nitrogens with zero attached hydrogens (tertiary/aromatic N) is 1. The second-order valence-electron chi connectivity index (χ2n) is 7.52. The van der Waals surface area contributed by atoms with Gasteiger partial charge in [0.1, 0.15) is 11.6 Å². The Labute approximate surface area is 168 Å². The number of rotatable bonds is 5. The minimum absolute atomic E-state index is 0.271. The second-order valence-corrected chi connectivity index (χ2v) is 8.38. The molecule has 1 aromatic carbocycles. The molecule has 1 fully saturated rings. The number of carbonyl (C=O) groups excluding carboxylic acids is 3. The monoisotopic (exact) mass is 439 g/mol. The fourth-order valence-electron chi connectivity index (χ4n) is 2.89. The molecule has 1 aromatic rings. The molecule has 0 spiro atoms. The normalized spacial score (nSPS) is 16.9. The second kappa shape index (κ2) is 8.87. The molecule has 1 aliphatic heterocycles. The van der Waals surface area contributed by atoms with Gasteiger partial charge in [0.05, 0.1) is 0 Å². The van der Waals surface area contributed by atoms with Crippen molar-refractivity contribution in [1.29, 1.82) is 0 Å². The average Bonchev–Trinajstić information content (AvgIpc) is 3.08. The zero-order valence-electron chi connectivity index (χ0n) is 16.2. The topological polar surface area (TPSA) is 72.9 Å². The molecule has 1 heterocycles. The van der Waals surface area contributed by atoms with Crippen LogP contribution in [0, 0.1) is 0 Å². The van der Waals surface area contributed by atoms with E-state index in [1.807, 2.05) is 13.0 Å². The minimum Gasteiger partial charge on any atom is -0.456 e. The number of hydrogen-bond donors (Lipinski definition) is 0. The van der Waals surface area contributed by atoms with Crippen LogP contribution < -0.4 is 0 Å². The number of likely N-dealkylation sites (tertiary alicyclic amines) is 1. The van der Waals surface area contributed by atoms with E-state index in [4.69, 9.17) is 9.47 Å². The number of ether oxygens (including phenoxy) is 2. The van der Waals surface area contributed by atoms with Crippen molar-refractivity contribution in [3.05, 3.63) is 33.8 Å². The first-order valence-corrected chi connectivity index (χ1v) is 9.89. The van der Waals surface area contributed by atoms with Gasteiger partial charge in [-0.1, -0.05) is 28.9 Å². The van der Waals surface area contributed by atoms with Crippen LogP contribution in [-0.2, 0) is 20.7 Å². The van der Waals surface area contributed by atoms with Gasteiger partial charge in [-0.15, -0.1) is 0 Å². The van der Waals surface area contributed by atoms with Crippen LogP contribution in [0.25, 0.3) is 0 Å². The Kier molecular flexibility index (Phi) is 7.03. The van der Waals surface area contributed by atoms with Crippen LogP contribution in [0.4, 0.5) is 4.79 Å². The number of ketones is 1. The highest BCUT2D eigenvalue weighted by atomic mass is 79.9. The van der Waals surface area contributed by atoms with Gasteiger partial charge in [-0.25, -0.2) is 9.59 Å². The largest absolute Gasteiger partial charge is 0.456 e. The third-order valence-corrected chi connectivity index (χ3v) is 5.02. The molecule has 0 saturated carbocycles. The van der Waals surface area contributed by atoms with Gasteiger partial charge in [0.15, 0.2) is 12.4 Å². The predicted octanol–water partition coefficient (Wildman–Crippen LogP) is 4.14. The van der Waals surface area contributed by atoms with Crippen LogP contribution in [0.1, 0.15) is 56.5 Å². The van der Waals surface area contributed by atoms with Crippen LogP contribution >= 0.6 is 15.9 Å². The van der Waals surface area contributed by atoms with Crippen molar-refractivity contribution >= 4 is 33.8 Å². The number of benzene rings is 1. The molecule has 1 saturated heterocycles. The summed E-state index contributed by atoms with van der Waals surface area (Å²) < 4.78 is 11.5. The van der Waals surface area contributed by atoms with Gasteiger partial charge >= 0.3 is 12.1 Å². The summed E-state index contributed by atoms with van der Waals surface area (Å²) in [5.41, 5.74) is 0.875. The summed E-state index contributed by atoms with van der Waals surface area (Å²) >= 11 is 3.44. The molecule has 1 aliphatic rings. The molecule has 1 amide bonds. The van der Waals surface area contributed by atoms with E-state index in [0.717, 1.165) is 16.5 Å². The van der Waals surface area contributed by atoms with E-state index in [-0.39, 0.29) is 12.4 Å². The Balaban J connectivity index is 1.96. The van der Waals surface area contributed by atoms with Crippen molar-refractivity contribution in [2.45, 2.75) is 58.6 Å². The summed E-state index contributed by atoms with van der Waals surface area (Å²) in [6, 6.07) is 4.60. The van der Waals surface area contributed by atoms with E-state index in [9.17, 15) is 14.4 Å². The van der Waals surface area contributed by atoms with Crippen LogP contribution in [-0.4, -0.2) is 47.5 Å². The highest BCUT2D eigenvalue weighted by molar-refractivity contribution is 9.10. The maximum atomic E-state index is 12.4. The standard InChI is InChI=1S/C20H26BrNO5/c1-5-13-11-14(8-9-15(13)21)17(23)12-26-18(24)16-7-6-10-22(16)19(25)27-20(2,3)4/h8-9,11,16H,5-7,10,12H2,1-4H3/t16-/m0/s1. The Hall–Kier alpha value is -1.89. The van der Waals surface area contributed by atoms with Crippen molar-refractivity contribution in [3.8, 4) is 0 Å². The third kappa shape index (κ3) is 5.79. The Bertz CT molecular complexity index is 726. The molecular weight excluding hydrogens is 414 g/mol. The molecule has 0 aromatic heterocycles. The zero-order valence-corrected chi connectivity index (χ0v) is 17.8. The van der Waals surface area contributed by atoms with E-state index in [1.165, 1.54) is 4.90 Å². The first-order valence-electron chi connectivity index (χ1n) is 9.10. The van der Waals surface area contributed by atoms with Crippen LogP contribution in [0.5, 0.6) is 0 Å². The summed E-state index contributed by atoms with van der Waals surface area (Å²) in [4.78, 5) is 38.4. The molecule has 1 atom stereocenters. The fraction of sp³-hybridized carbons (Fsp3) is 0.550. The number of amides is 1. The van der Waals surface area contributed by atoms with Crippen molar-refractivity contribution < 1.29 is 23.9 Å². The lowest BCUT2D eigenvalue weighted by Crippen LogP contribution is -2.44. The van der Waals surface area contributed by atoms with Crippen LogP contribution in [0.2, 0.25) is 0 Å². The number of Topliss-reactive ketones (excluding diaryl/α,β-unsaturated/α-hetero) is 1. The van der Waals surface area contributed by atoms with E-state index in [0.29, 0.717) is 24.9 Å². The number of esters is 1. The van der Waals surface area contributed by atoms with E-state index in [2.05, 4.69) is 15.9 Å². The Morgan fingerprint density at radius 3 is 2.59 bits per heavy atom. The first-order chi connectivity index (χ1) is 12.6. The number of carbonyl (C=O) groups is 3. The summed E-state index contributed by atoms with van der Waals surface area (Å²) in [7, 11) is 0. The maximum Gasteiger partial charge on any atom is 0.411 e. The maximum absolute atomic E-state index is 12.4. The molecule has 148 valence electrons. The van der Waals surface area contributed by atoms with Crippen molar-refractivity contribution in [1.82, 2.24) is 4.90 Å². The summed E-state index contributed by atoms with van der Waals surface area (Å²) in [5.74, 6) is -0.841. The van der Waals surface area contributed by atoms with Crippen molar-refractivity contribution in [2.75, 3.05) is 13.2 Å². The number of halogens is 1. The molecule has 27 heavy (non-hydrogen) atoms. The number of aryl methyl sites for hydroxylation is 1. The van der Waals surface area contributed by atoms with E-state index < -0.39 is 23.7 Å². The van der Waals surface area contributed by atoms with E-state index >= 15 is 0 Å². The lowest BCUT2D eigenvalue weighted by atomic mass is 10.1. The lowest BCUT2D eigenvalue weighted by Gasteiger charge is -2.27. The summed E-state index contributed by atoms with van der Waals surface area (Å²) in [6.45, 7) is 7.42. The first kappa shape index (κ1) is 21.4. The van der Waals surface area contributed by atoms with Gasteiger partial charge in [-0.2, -0.15) is 0 Å². The highest BCUT2D eigenvalue weighted by Crippen LogP contribution is 2.22. The third-order valence-electron chi connectivity index (χ3n) is 4.25. The van der Waals surface area contributed by atoms with Crippen LogP contribution in [0.3, 0.4) is 0 Å². The SMILES string of the molecule is CCc1cc(C(=O)COC(=O)[C@@H]2CCCN2C(=O)OC(C)(C)C)ccc1Br. The van der Waals surface area contributed by atoms with E-state index in [1.54, 1.807) is 32.9 Å². The van der Waals surface area contributed by atoms with Gasteiger partial charge in [0, 0.05) is 16.6 Å². The molecule has 0 radical (unpaired) electrons. The molecule has 6 nitrogen and oxygen atoms in total. The zero-order chi connectivity index (χ0) is 20.2. The highest BCUT2D eigenvalue weighted by Gasteiger charge is 2.37. The molecule has 7 heteroatoms. The fourth-order valence-corrected chi connectivity index (χ4v) is 3.41. The van der Waals surface area contributed by atoms with Gasteiger partial charge in [-0.3, -0.25) is 9.69 Å². The molecule has 0 aliphatic carbocycles. The molecule has 0 bridgehead atoms. The Morgan fingerprint density at radius 2 is 1.96 bits per heavy atom. The molecule has 0 N–H and O–H groups in total. The van der Waals surface area contributed by atoms with Gasteiger partial charge in [0.2, 0.25) is 0 Å². The van der Waals surface area contributed by atoms with Gasteiger partial charge in [-0.05, 0) is 57.7 Å². The quantitative estimate of drug-likeness (QED) is 0.509. The smallest absolute Gasteiger partial charge is 0.411 e. The minimum atomic E-state index is -0.705. The predicted molar refractivity (Wildman–Crippen MR) is 105 cm³/mol. The summed E-state index contributed by atoms with van der Waals surface area (Å²) in [5, 5.41) is 0. The van der Waals surface area contributed by atoms with Crippen molar-refractivity contribution in [3.63, 3.8) is 0 Å². The molecule has 2 rings (SSSR count).